The van der Waals surface area contributed by atoms with Gasteiger partial charge in [-0.2, -0.15) is 0 Å². The fraction of sp³-hybridized carbons (Fsp3) is 0.500. The van der Waals surface area contributed by atoms with Crippen LogP contribution in [0.2, 0.25) is 5.02 Å². The number of nitrogens with one attached hydrogen (secondary N) is 2. The van der Waals surface area contributed by atoms with Gasteiger partial charge >= 0.3 is 5.69 Å². The van der Waals surface area contributed by atoms with Crippen LogP contribution in [0, 0.1) is 11.8 Å². The molecule has 0 bridgehead atoms. The average molecular weight is 451 g/mol. The molecule has 2 aromatic rings. The number of likely N-dealkylation sites (N-methyl/N-ethyl adjacent to an activating group) is 1. The van der Waals surface area contributed by atoms with Gasteiger partial charge in [-0.05, 0) is 24.0 Å². The van der Waals surface area contributed by atoms with Crippen LogP contribution in [0.4, 0.5) is 11.5 Å². The molecular weight excluding hydrogens is 418 g/mol. The molecule has 31 heavy (non-hydrogen) atoms. The molecule has 0 aliphatic rings. The lowest BCUT2D eigenvalue weighted by Crippen LogP contribution is -3.09. The number of hydrogen-bond donors (Lipinski definition) is 3. The number of quaternary nitrogens is 1. The summed E-state index contributed by atoms with van der Waals surface area (Å²) >= 11 is 6.06. The Morgan fingerprint density at radius 2 is 1.90 bits per heavy atom. The third-order valence-electron chi connectivity index (χ3n) is 4.73. The van der Waals surface area contributed by atoms with E-state index < -0.39 is 11.2 Å². The van der Waals surface area contributed by atoms with E-state index in [0.717, 1.165) is 10.5 Å². The first-order valence-corrected chi connectivity index (χ1v) is 10.9. The molecule has 1 aromatic carbocycles. The molecule has 2 rings (SSSR count). The van der Waals surface area contributed by atoms with Crippen LogP contribution in [0.25, 0.3) is 0 Å². The first kappa shape index (κ1) is 24.7. The van der Waals surface area contributed by atoms with Crippen molar-refractivity contribution >= 4 is 29.0 Å². The van der Waals surface area contributed by atoms with Crippen molar-refractivity contribution in [2.45, 2.75) is 40.8 Å². The molecule has 1 amide bonds. The number of nitrogen functional groups attached to an aromatic ring is 1. The molecule has 0 saturated heterocycles. The molecule has 0 radical (unpaired) electrons. The van der Waals surface area contributed by atoms with E-state index in [2.05, 4.69) is 4.98 Å². The van der Waals surface area contributed by atoms with Crippen LogP contribution in [-0.2, 0) is 17.9 Å². The fourth-order valence-corrected chi connectivity index (χ4v) is 3.69. The molecular formula is C22H33ClN5O3+. The predicted molar refractivity (Wildman–Crippen MR) is 125 cm³/mol. The molecule has 0 saturated carbocycles. The maximum absolute atomic E-state index is 13.3. The minimum atomic E-state index is -0.649. The number of H-pyrrole nitrogens is 1. The van der Waals surface area contributed by atoms with Crippen molar-refractivity contribution in [2.75, 3.05) is 30.8 Å². The maximum Gasteiger partial charge on any atom is 0.330 e. The van der Waals surface area contributed by atoms with Gasteiger partial charge in [0.25, 0.3) is 11.5 Å². The highest BCUT2D eigenvalue weighted by atomic mass is 35.5. The van der Waals surface area contributed by atoms with Crippen molar-refractivity contribution in [1.29, 1.82) is 0 Å². The minimum absolute atomic E-state index is 0.0175. The first-order valence-electron chi connectivity index (χ1n) is 10.5. The third-order valence-corrected chi connectivity index (χ3v) is 4.96. The number of aromatic amines is 1. The summed E-state index contributed by atoms with van der Waals surface area (Å²) in [5.74, 6) is 0.0202. The van der Waals surface area contributed by atoms with E-state index in [4.69, 9.17) is 17.3 Å². The van der Waals surface area contributed by atoms with Crippen LogP contribution < -0.4 is 26.8 Å². The van der Waals surface area contributed by atoms with Gasteiger partial charge < -0.3 is 10.6 Å². The molecule has 0 aliphatic heterocycles. The molecule has 170 valence electrons. The van der Waals surface area contributed by atoms with Crippen LogP contribution in [0.1, 0.15) is 33.3 Å². The SMILES string of the molecule is CC(C)CN(C(=O)C[NH+](C)Cc1cccc(Cl)c1)c1c(N)n(CC(C)C)c(=O)[nH]c1=O. The van der Waals surface area contributed by atoms with Crippen molar-refractivity contribution in [3.8, 4) is 0 Å². The second kappa shape index (κ2) is 10.6. The van der Waals surface area contributed by atoms with Crippen LogP contribution in [0.15, 0.2) is 33.9 Å². The smallest absolute Gasteiger partial charge is 0.330 e. The second-order valence-corrected chi connectivity index (χ2v) is 9.27. The number of hydrogen-bond acceptors (Lipinski definition) is 4. The van der Waals surface area contributed by atoms with E-state index >= 15 is 0 Å². The summed E-state index contributed by atoms with van der Waals surface area (Å²) < 4.78 is 1.32. The first-order chi connectivity index (χ1) is 14.5. The Hall–Kier alpha value is -2.58. The molecule has 1 aromatic heterocycles. The van der Waals surface area contributed by atoms with Gasteiger partial charge in [0.2, 0.25) is 0 Å². The number of nitrogens with zero attached hydrogens (tertiary/aromatic N) is 2. The Balaban J connectivity index is 2.36. The van der Waals surface area contributed by atoms with Gasteiger partial charge in [-0.15, -0.1) is 0 Å². The number of carbonyl (C=O) groups is 1. The Bertz CT molecular complexity index is 1030. The Kier molecular flexibility index (Phi) is 8.47. The van der Waals surface area contributed by atoms with E-state index in [1.54, 1.807) is 6.07 Å². The molecule has 8 nitrogen and oxygen atoms in total. The lowest BCUT2D eigenvalue weighted by Gasteiger charge is -2.27. The second-order valence-electron chi connectivity index (χ2n) is 8.84. The average Bonchev–Trinajstić information content (AvgIpc) is 2.63. The van der Waals surface area contributed by atoms with Gasteiger partial charge in [0, 0.05) is 23.7 Å². The Morgan fingerprint density at radius 3 is 2.48 bits per heavy atom. The molecule has 0 spiro atoms. The molecule has 1 unspecified atom stereocenters. The number of carbonyl (C=O) groups excluding carboxylic acids is 1. The van der Waals surface area contributed by atoms with Crippen molar-refractivity contribution in [1.82, 2.24) is 9.55 Å². The number of amides is 1. The maximum atomic E-state index is 13.3. The quantitative estimate of drug-likeness (QED) is 0.532. The van der Waals surface area contributed by atoms with Crippen molar-refractivity contribution in [2.24, 2.45) is 11.8 Å². The van der Waals surface area contributed by atoms with E-state index in [-0.39, 0.29) is 35.8 Å². The monoisotopic (exact) mass is 450 g/mol. The summed E-state index contributed by atoms with van der Waals surface area (Å²) in [6.45, 7) is 9.22. The topological polar surface area (TPSA) is 106 Å². The van der Waals surface area contributed by atoms with E-state index in [1.165, 1.54) is 9.47 Å². The number of aromatic nitrogens is 2. The zero-order chi connectivity index (χ0) is 23.3. The Morgan fingerprint density at radius 1 is 1.23 bits per heavy atom. The summed E-state index contributed by atoms with van der Waals surface area (Å²) in [5, 5.41) is 0.643. The number of nitrogens with two attached hydrogens (primary N) is 1. The van der Waals surface area contributed by atoms with Crippen molar-refractivity contribution in [3.05, 3.63) is 55.7 Å². The molecule has 4 N–H and O–H groups in total. The molecule has 0 fully saturated rings. The van der Waals surface area contributed by atoms with Crippen molar-refractivity contribution in [3.63, 3.8) is 0 Å². The lowest BCUT2D eigenvalue weighted by molar-refractivity contribution is -0.885. The highest BCUT2D eigenvalue weighted by Crippen LogP contribution is 2.19. The highest BCUT2D eigenvalue weighted by molar-refractivity contribution is 6.30. The van der Waals surface area contributed by atoms with Gasteiger partial charge in [-0.25, -0.2) is 4.79 Å². The Labute approximate surface area is 187 Å². The largest absolute Gasteiger partial charge is 0.383 e. The van der Waals surface area contributed by atoms with E-state index in [1.807, 2.05) is 52.9 Å². The van der Waals surface area contributed by atoms with Gasteiger partial charge in [0.05, 0.1) is 7.05 Å². The summed E-state index contributed by atoms with van der Waals surface area (Å²) in [6.07, 6.45) is 0. The van der Waals surface area contributed by atoms with Gasteiger partial charge in [-0.1, -0.05) is 51.4 Å². The normalized spacial score (nSPS) is 12.4. The predicted octanol–water partition coefficient (Wildman–Crippen LogP) is 1.13. The summed E-state index contributed by atoms with van der Waals surface area (Å²) in [6, 6.07) is 7.50. The van der Waals surface area contributed by atoms with Crippen LogP contribution in [-0.4, -0.2) is 35.6 Å². The fourth-order valence-electron chi connectivity index (χ4n) is 3.48. The highest BCUT2D eigenvalue weighted by Gasteiger charge is 2.27. The van der Waals surface area contributed by atoms with Crippen molar-refractivity contribution < 1.29 is 9.69 Å². The molecule has 1 heterocycles. The lowest BCUT2D eigenvalue weighted by atomic mass is 10.2. The van der Waals surface area contributed by atoms with Gasteiger partial charge in [-0.3, -0.25) is 24.0 Å². The zero-order valence-corrected chi connectivity index (χ0v) is 19.6. The van der Waals surface area contributed by atoms with E-state index in [0.29, 0.717) is 24.7 Å². The molecule has 9 heteroatoms. The molecule has 0 aliphatic carbocycles. The van der Waals surface area contributed by atoms with Gasteiger partial charge in [0.15, 0.2) is 12.2 Å². The number of rotatable bonds is 9. The summed E-state index contributed by atoms with van der Waals surface area (Å²) in [5.41, 5.74) is 6.08. The number of halogens is 1. The third kappa shape index (κ3) is 6.70. The van der Waals surface area contributed by atoms with Crippen LogP contribution in [0.5, 0.6) is 0 Å². The number of benzene rings is 1. The summed E-state index contributed by atoms with van der Waals surface area (Å²) in [7, 11) is 1.90. The van der Waals surface area contributed by atoms with Crippen LogP contribution in [0.3, 0.4) is 0 Å². The number of anilines is 2. The summed E-state index contributed by atoms with van der Waals surface area (Å²) in [4.78, 5) is 42.9. The zero-order valence-electron chi connectivity index (χ0n) is 18.9. The van der Waals surface area contributed by atoms with E-state index in [9.17, 15) is 14.4 Å². The minimum Gasteiger partial charge on any atom is -0.383 e. The van der Waals surface area contributed by atoms with Crippen LogP contribution >= 0.6 is 11.6 Å². The standard InChI is InChI=1S/C22H32ClN5O3/c1-14(2)10-27(18(29)13-26(5)12-16-7-6-8-17(23)9-16)19-20(24)28(11-15(3)4)22(31)25-21(19)30/h6-9,14-15H,10-13,24H2,1-5H3,(H,25,30,31)/p+1. The van der Waals surface area contributed by atoms with Gasteiger partial charge in [0.1, 0.15) is 12.4 Å². The molecule has 1 atom stereocenters.